The van der Waals surface area contributed by atoms with Crippen LogP contribution < -0.4 is 5.32 Å². The summed E-state index contributed by atoms with van der Waals surface area (Å²) in [6, 6.07) is 10.4. The van der Waals surface area contributed by atoms with Crippen molar-refractivity contribution >= 4 is 0 Å². The Labute approximate surface area is 117 Å². The van der Waals surface area contributed by atoms with E-state index < -0.39 is 6.43 Å². The standard InChI is InChI=1S/C16H18F2N2/c1-2-13-4-3-9-20-15(13)11-19-10-12-5-7-14(8-6-12)16(17)18/h3-9,16,19H,2,10-11H2,1H3. The summed E-state index contributed by atoms with van der Waals surface area (Å²) in [5, 5.41) is 3.29. The molecule has 1 aromatic heterocycles. The summed E-state index contributed by atoms with van der Waals surface area (Å²) in [6.45, 7) is 3.42. The maximum atomic E-state index is 12.4. The number of nitrogens with one attached hydrogen (secondary N) is 1. The first-order valence-corrected chi connectivity index (χ1v) is 6.71. The fraction of sp³-hybridized carbons (Fsp3) is 0.312. The number of aromatic nitrogens is 1. The number of benzene rings is 1. The van der Waals surface area contributed by atoms with Gasteiger partial charge in [-0.2, -0.15) is 0 Å². The molecule has 0 fully saturated rings. The minimum Gasteiger partial charge on any atom is -0.307 e. The molecule has 0 saturated heterocycles. The number of aryl methyl sites for hydroxylation is 1. The molecule has 1 N–H and O–H groups in total. The highest BCUT2D eigenvalue weighted by Gasteiger charge is 2.06. The Morgan fingerprint density at radius 3 is 2.50 bits per heavy atom. The minimum atomic E-state index is -2.40. The van der Waals surface area contributed by atoms with E-state index in [4.69, 9.17) is 0 Å². The van der Waals surface area contributed by atoms with Gasteiger partial charge in [0.15, 0.2) is 0 Å². The zero-order chi connectivity index (χ0) is 14.4. The lowest BCUT2D eigenvalue weighted by atomic mass is 10.1. The summed E-state index contributed by atoms with van der Waals surface area (Å²) in [4.78, 5) is 4.36. The number of hydrogen-bond donors (Lipinski definition) is 1. The van der Waals surface area contributed by atoms with Crippen LogP contribution in [0.4, 0.5) is 8.78 Å². The van der Waals surface area contributed by atoms with Crippen LogP contribution in [-0.4, -0.2) is 4.98 Å². The number of alkyl halides is 2. The fourth-order valence-corrected chi connectivity index (χ4v) is 2.06. The van der Waals surface area contributed by atoms with Crippen LogP contribution >= 0.6 is 0 Å². The van der Waals surface area contributed by atoms with E-state index in [1.165, 1.54) is 17.7 Å². The fourth-order valence-electron chi connectivity index (χ4n) is 2.06. The molecule has 1 aromatic carbocycles. The first-order valence-electron chi connectivity index (χ1n) is 6.71. The van der Waals surface area contributed by atoms with Gasteiger partial charge in [0, 0.05) is 24.8 Å². The lowest BCUT2D eigenvalue weighted by Crippen LogP contribution is -2.15. The van der Waals surface area contributed by atoms with E-state index in [1.54, 1.807) is 18.3 Å². The molecule has 0 aliphatic rings. The maximum absolute atomic E-state index is 12.4. The van der Waals surface area contributed by atoms with Crippen molar-refractivity contribution in [3.05, 3.63) is 65.0 Å². The predicted octanol–water partition coefficient (Wildman–Crippen LogP) is 3.87. The zero-order valence-electron chi connectivity index (χ0n) is 11.4. The van der Waals surface area contributed by atoms with Crippen molar-refractivity contribution in [3.63, 3.8) is 0 Å². The van der Waals surface area contributed by atoms with E-state index >= 15 is 0 Å². The third-order valence-corrected chi connectivity index (χ3v) is 3.22. The van der Waals surface area contributed by atoms with Gasteiger partial charge >= 0.3 is 0 Å². The van der Waals surface area contributed by atoms with Crippen LogP contribution in [0.1, 0.15) is 35.7 Å². The van der Waals surface area contributed by atoms with Gasteiger partial charge in [0.1, 0.15) is 0 Å². The quantitative estimate of drug-likeness (QED) is 0.866. The van der Waals surface area contributed by atoms with E-state index in [9.17, 15) is 8.78 Å². The molecule has 4 heteroatoms. The molecule has 1 heterocycles. The van der Waals surface area contributed by atoms with Crippen LogP contribution in [0.5, 0.6) is 0 Å². The molecule has 2 rings (SSSR count). The molecule has 0 aliphatic heterocycles. The van der Waals surface area contributed by atoms with E-state index in [0.717, 1.165) is 17.7 Å². The van der Waals surface area contributed by atoms with Gasteiger partial charge in [-0.3, -0.25) is 4.98 Å². The molecule has 0 bridgehead atoms. The second-order valence-electron chi connectivity index (χ2n) is 4.61. The van der Waals surface area contributed by atoms with Gasteiger partial charge in [-0.05, 0) is 23.6 Å². The first-order chi connectivity index (χ1) is 9.70. The lowest BCUT2D eigenvalue weighted by Gasteiger charge is -2.08. The van der Waals surface area contributed by atoms with Crippen molar-refractivity contribution in [2.45, 2.75) is 32.9 Å². The van der Waals surface area contributed by atoms with Gasteiger partial charge in [0.25, 0.3) is 6.43 Å². The summed E-state index contributed by atoms with van der Waals surface area (Å²) in [7, 11) is 0. The van der Waals surface area contributed by atoms with Gasteiger partial charge in [-0.1, -0.05) is 37.3 Å². The zero-order valence-corrected chi connectivity index (χ0v) is 11.4. The second-order valence-corrected chi connectivity index (χ2v) is 4.61. The molecule has 0 aliphatic carbocycles. The van der Waals surface area contributed by atoms with Gasteiger partial charge in [-0.25, -0.2) is 8.78 Å². The molecule has 106 valence electrons. The van der Waals surface area contributed by atoms with Crippen LogP contribution in [0.25, 0.3) is 0 Å². The smallest absolute Gasteiger partial charge is 0.263 e. The predicted molar refractivity (Wildman–Crippen MR) is 75.6 cm³/mol. The Kier molecular flexibility index (Phi) is 5.18. The molecule has 0 unspecified atom stereocenters. The molecule has 2 aromatic rings. The molecule has 20 heavy (non-hydrogen) atoms. The third kappa shape index (κ3) is 3.84. The highest BCUT2D eigenvalue weighted by molar-refractivity contribution is 5.23. The van der Waals surface area contributed by atoms with Gasteiger partial charge < -0.3 is 5.32 Å². The van der Waals surface area contributed by atoms with Crippen LogP contribution in [0, 0.1) is 0 Å². The molecule has 2 nitrogen and oxygen atoms in total. The molecule has 0 amide bonds. The topological polar surface area (TPSA) is 24.9 Å². The lowest BCUT2D eigenvalue weighted by molar-refractivity contribution is 0.151. The van der Waals surface area contributed by atoms with Crippen LogP contribution in [-0.2, 0) is 19.5 Å². The molecule has 0 atom stereocenters. The molecular formula is C16H18F2N2. The van der Waals surface area contributed by atoms with Crippen LogP contribution in [0.3, 0.4) is 0 Å². The van der Waals surface area contributed by atoms with Crippen molar-refractivity contribution in [2.75, 3.05) is 0 Å². The van der Waals surface area contributed by atoms with Crippen LogP contribution in [0.15, 0.2) is 42.6 Å². The minimum absolute atomic E-state index is 0.0618. The monoisotopic (exact) mass is 276 g/mol. The highest BCUT2D eigenvalue weighted by Crippen LogP contribution is 2.18. The molecular weight excluding hydrogens is 258 g/mol. The Balaban J connectivity index is 1.89. The van der Waals surface area contributed by atoms with Crippen molar-refractivity contribution in [3.8, 4) is 0 Å². The number of pyridine rings is 1. The van der Waals surface area contributed by atoms with E-state index in [1.807, 2.05) is 6.07 Å². The SMILES string of the molecule is CCc1cccnc1CNCc1ccc(C(F)F)cc1. The van der Waals surface area contributed by atoms with Crippen molar-refractivity contribution in [2.24, 2.45) is 0 Å². The summed E-state index contributed by atoms with van der Waals surface area (Å²) < 4.78 is 24.9. The molecule has 0 radical (unpaired) electrons. The van der Waals surface area contributed by atoms with Gasteiger partial charge in [-0.15, -0.1) is 0 Å². The number of hydrogen-bond acceptors (Lipinski definition) is 2. The van der Waals surface area contributed by atoms with E-state index in [-0.39, 0.29) is 5.56 Å². The summed E-state index contributed by atoms with van der Waals surface area (Å²) in [6.07, 6.45) is 0.333. The van der Waals surface area contributed by atoms with Crippen LogP contribution in [0.2, 0.25) is 0 Å². The van der Waals surface area contributed by atoms with Crippen molar-refractivity contribution in [1.29, 1.82) is 0 Å². The van der Waals surface area contributed by atoms with E-state index in [0.29, 0.717) is 13.1 Å². The Hall–Kier alpha value is -1.81. The van der Waals surface area contributed by atoms with Gasteiger partial charge in [0.05, 0.1) is 5.69 Å². The first kappa shape index (κ1) is 14.6. The normalized spacial score (nSPS) is 11.0. The Morgan fingerprint density at radius 2 is 1.85 bits per heavy atom. The number of rotatable bonds is 6. The number of nitrogens with zero attached hydrogens (tertiary/aromatic N) is 1. The largest absolute Gasteiger partial charge is 0.307 e. The summed E-state index contributed by atoms with van der Waals surface area (Å²) in [5.41, 5.74) is 3.32. The Morgan fingerprint density at radius 1 is 1.10 bits per heavy atom. The van der Waals surface area contributed by atoms with Crippen molar-refractivity contribution < 1.29 is 8.78 Å². The van der Waals surface area contributed by atoms with Crippen molar-refractivity contribution in [1.82, 2.24) is 10.3 Å². The third-order valence-electron chi connectivity index (χ3n) is 3.22. The second kappa shape index (κ2) is 7.10. The highest BCUT2D eigenvalue weighted by atomic mass is 19.3. The van der Waals surface area contributed by atoms with Gasteiger partial charge in [0.2, 0.25) is 0 Å². The summed E-state index contributed by atoms with van der Waals surface area (Å²) >= 11 is 0. The number of halogens is 2. The molecule has 0 saturated carbocycles. The average Bonchev–Trinajstić information content (AvgIpc) is 2.48. The molecule has 0 spiro atoms. The maximum Gasteiger partial charge on any atom is 0.263 e. The van der Waals surface area contributed by atoms with E-state index in [2.05, 4.69) is 23.3 Å². The summed E-state index contributed by atoms with van der Waals surface area (Å²) in [5.74, 6) is 0. The average molecular weight is 276 g/mol. The Bertz CT molecular complexity index is 538.